The van der Waals surface area contributed by atoms with E-state index in [4.69, 9.17) is 5.73 Å². The minimum Gasteiger partial charge on any atom is -0.381 e. The van der Waals surface area contributed by atoms with Crippen molar-refractivity contribution < 1.29 is 4.39 Å². The number of rotatable bonds is 0. The molecule has 1 aromatic rings. The van der Waals surface area contributed by atoms with Crippen LogP contribution in [0, 0.1) is 9.39 Å². The van der Waals surface area contributed by atoms with Crippen LogP contribution in [0.15, 0.2) is 12.3 Å². The molecule has 1 rings (SSSR count). The molecule has 0 unspecified atom stereocenters. The second kappa shape index (κ2) is 2.47. The van der Waals surface area contributed by atoms with Crippen molar-refractivity contribution in [3.05, 3.63) is 21.7 Å². The van der Waals surface area contributed by atoms with E-state index in [-0.39, 0.29) is 5.82 Å². The number of nitrogens with zero attached hydrogens (tertiary/aromatic N) is 1. The molecule has 0 bridgehead atoms. The van der Waals surface area contributed by atoms with Gasteiger partial charge in [-0.1, -0.05) is 0 Å². The largest absolute Gasteiger partial charge is 0.381 e. The maximum absolute atomic E-state index is 12.4. The summed E-state index contributed by atoms with van der Waals surface area (Å²) < 4.78 is 13.1. The lowest BCUT2D eigenvalue weighted by Gasteiger charge is -1.92. The van der Waals surface area contributed by atoms with Crippen molar-refractivity contribution in [2.75, 3.05) is 5.73 Å². The number of hydrogen-bond acceptors (Lipinski definition) is 2. The van der Waals surface area contributed by atoms with Gasteiger partial charge < -0.3 is 5.73 Å². The third kappa shape index (κ3) is 1.51. The van der Waals surface area contributed by atoms with Gasteiger partial charge in [-0.05, 0) is 28.7 Å². The molecule has 0 aliphatic carbocycles. The van der Waals surface area contributed by atoms with Gasteiger partial charge in [0, 0.05) is 9.77 Å². The molecule has 48 valence electrons. The van der Waals surface area contributed by atoms with Crippen LogP contribution in [-0.2, 0) is 0 Å². The zero-order valence-corrected chi connectivity index (χ0v) is 6.59. The number of nitrogen functional groups attached to an aromatic ring is 1. The molecule has 0 radical (unpaired) electrons. The topological polar surface area (TPSA) is 38.9 Å². The summed E-state index contributed by atoms with van der Waals surface area (Å²) in [5.74, 6) is -0.502. The predicted molar refractivity (Wildman–Crippen MR) is 41.3 cm³/mol. The molecule has 0 aliphatic rings. The van der Waals surface area contributed by atoms with Crippen molar-refractivity contribution >= 4 is 28.4 Å². The van der Waals surface area contributed by atoms with Gasteiger partial charge in [0.15, 0.2) is 11.6 Å². The lowest BCUT2D eigenvalue weighted by molar-refractivity contribution is 0.626. The Balaban J connectivity index is 3.17. The summed E-state index contributed by atoms with van der Waals surface area (Å²) >= 11 is 1.96. The molecule has 0 aromatic carbocycles. The van der Waals surface area contributed by atoms with E-state index in [1.165, 1.54) is 12.3 Å². The molecule has 2 nitrogen and oxygen atoms in total. The van der Waals surface area contributed by atoms with E-state index < -0.39 is 5.82 Å². The molecule has 0 aliphatic heterocycles. The number of halogens is 2. The first-order valence-corrected chi connectivity index (χ1v) is 3.34. The Morgan fingerprint density at radius 3 is 2.78 bits per heavy atom. The second-order valence-electron chi connectivity index (χ2n) is 1.52. The average molecular weight is 238 g/mol. The Morgan fingerprint density at radius 1 is 1.67 bits per heavy atom. The van der Waals surface area contributed by atoms with E-state index in [0.717, 1.165) is 3.57 Å². The lowest BCUT2D eigenvalue weighted by atomic mass is 10.4. The molecular weight excluding hydrogens is 234 g/mol. The van der Waals surface area contributed by atoms with Gasteiger partial charge in [0.05, 0.1) is 0 Å². The Morgan fingerprint density at radius 2 is 2.33 bits per heavy atom. The zero-order valence-electron chi connectivity index (χ0n) is 4.44. The molecule has 9 heavy (non-hydrogen) atoms. The molecule has 0 fully saturated rings. The molecule has 0 atom stereocenters. The van der Waals surface area contributed by atoms with E-state index >= 15 is 0 Å². The number of nitrogens with two attached hydrogens (primary N) is 1. The van der Waals surface area contributed by atoms with E-state index in [0.29, 0.717) is 0 Å². The van der Waals surface area contributed by atoms with E-state index in [1.807, 2.05) is 22.6 Å². The maximum Gasteiger partial charge on any atom is 0.166 e. The third-order valence-corrected chi connectivity index (χ3v) is 1.43. The smallest absolute Gasteiger partial charge is 0.166 e. The van der Waals surface area contributed by atoms with Gasteiger partial charge in [-0.25, -0.2) is 9.37 Å². The average Bonchev–Trinajstić information content (AvgIpc) is 1.80. The van der Waals surface area contributed by atoms with Crippen molar-refractivity contribution in [3.8, 4) is 0 Å². The summed E-state index contributed by atoms with van der Waals surface area (Å²) in [7, 11) is 0. The highest BCUT2D eigenvalue weighted by Gasteiger charge is 1.96. The molecular formula is C5H4FIN2. The van der Waals surface area contributed by atoms with Crippen LogP contribution in [0.4, 0.5) is 10.2 Å². The van der Waals surface area contributed by atoms with Crippen LogP contribution in [0.1, 0.15) is 0 Å². The first kappa shape index (κ1) is 6.73. The van der Waals surface area contributed by atoms with E-state index in [1.54, 1.807) is 0 Å². The predicted octanol–water partition coefficient (Wildman–Crippen LogP) is 1.41. The lowest BCUT2D eigenvalue weighted by Crippen LogP contribution is -1.94. The van der Waals surface area contributed by atoms with Crippen molar-refractivity contribution in [2.24, 2.45) is 0 Å². The van der Waals surface area contributed by atoms with Gasteiger partial charge in [0.1, 0.15) is 0 Å². The fourth-order valence-electron chi connectivity index (χ4n) is 0.425. The van der Waals surface area contributed by atoms with Crippen LogP contribution in [-0.4, -0.2) is 4.98 Å². The second-order valence-corrected chi connectivity index (χ2v) is 2.77. The number of hydrogen-bond donors (Lipinski definition) is 1. The molecule has 2 N–H and O–H groups in total. The minimum atomic E-state index is -0.457. The van der Waals surface area contributed by atoms with Crippen LogP contribution < -0.4 is 5.73 Å². The van der Waals surface area contributed by atoms with Gasteiger partial charge in [0.25, 0.3) is 0 Å². The normalized spacial score (nSPS) is 9.56. The van der Waals surface area contributed by atoms with Gasteiger partial charge >= 0.3 is 0 Å². The summed E-state index contributed by atoms with van der Waals surface area (Å²) in [4.78, 5) is 3.57. The van der Waals surface area contributed by atoms with Crippen LogP contribution in [0.5, 0.6) is 0 Å². The summed E-state index contributed by atoms with van der Waals surface area (Å²) in [6.07, 6.45) is 1.51. The first-order valence-electron chi connectivity index (χ1n) is 2.26. The highest BCUT2D eigenvalue weighted by atomic mass is 127. The highest BCUT2D eigenvalue weighted by molar-refractivity contribution is 14.1. The van der Waals surface area contributed by atoms with Gasteiger partial charge in [-0.3, -0.25) is 0 Å². The monoisotopic (exact) mass is 238 g/mol. The number of pyridine rings is 1. The summed E-state index contributed by atoms with van der Waals surface area (Å²) in [5, 5.41) is 0. The minimum absolute atomic E-state index is 0.0459. The van der Waals surface area contributed by atoms with Gasteiger partial charge in [-0.15, -0.1) is 0 Å². The molecule has 4 heteroatoms. The summed E-state index contributed by atoms with van der Waals surface area (Å²) in [5.41, 5.74) is 5.10. The standard InChI is InChI=1S/C5H4FIN2/c6-4-1-3(7)2-9-5(4)8/h1-2H,(H2,8,9). The summed E-state index contributed by atoms with van der Waals surface area (Å²) in [6.45, 7) is 0. The van der Waals surface area contributed by atoms with Crippen LogP contribution in [0.3, 0.4) is 0 Å². The fourth-order valence-corrected chi connectivity index (χ4v) is 0.838. The van der Waals surface area contributed by atoms with Crippen molar-refractivity contribution in [3.63, 3.8) is 0 Å². The molecule has 1 heterocycles. The van der Waals surface area contributed by atoms with Crippen molar-refractivity contribution in [1.82, 2.24) is 4.98 Å². The van der Waals surface area contributed by atoms with Gasteiger partial charge in [-0.2, -0.15) is 0 Å². The van der Waals surface area contributed by atoms with Crippen LogP contribution in [0.2, 0.25) is 0 Å². The van der Waals surface area contributed by atoms with Crippen molar-refractivity contribution in [2.45, 2.75) is 0 Å². The molecule has 0 amide bonds. The molecule has 0 spiro atoms. The van der Waals surface area contributed by atoms with Gasteiger partial charge in [0.2, 0.25) is 0 Å². The summed E-state index contributed by atoms with van der Waals surface area (Å²) in [6, 6.07) is 1.34. The maximum atomic E-state index is 12.4. The molecule has 0 saturated heterocycles. The molecule has 1 aromatic heterocycles. The Hall–Kier alpha value is -0.390. The van der Waals surface area contributed by atoms with Crippen LogP contribution >= 0.6 is 22.6 Å². The SMILES string of the molecule is Nc1ncc(I)cc1F. The van der Waals surface area contributed by atoms with Crippen molar-refractivity contribution in [1.29, 1.82) is 0 Å². The van der Waals surface area contributed by atoms with Crippen LogP contribution in [0.25, 0.3) is 0 Å². The van der Waals surface area contributed by atoms with E-state index in [9.17, 15) is 4.39 Å². The first-order chi connectivity index (χ1) is 4.20. The fraction of sp³-hybridized carbons (Fsp3) is 0. The Bertz CT molecular complexity index is 226. The Kier molecular flexibility index (Phi) is 1.84. The molecule has 0 saturated carbocycles. The highest BCUT2D eigenvalue weighted by Crippen LogP contribution is 2.09. The zero-order chi connectivity index (χ0) is 6.85. The quantitative estimate of drug-likeness (QED) is 0.694. The third-order valence-electron chi connectivity index (χ3n) is 0.836. The number of aromatic nitrogens is 1. The van der Waals surface area contributed by atoms with E-state index in [2.05, 4.69) is 4.98 Å². The Labute approximate surface area is 65.4 Å². The number of anilines is 1.